The van der Waals surface area contributed by atoms with Crippen LogP contribution in [-0.4, -0.2) is 44.1 Å². The largest absolute Gasteiger partial charge is 0.378 e. The highest BCUT2D eigenvalue weighted by molar-refractivity contribution is 6.42. The van der Waals surface area contributed by atoms with Crippen molar-refractivity contribution in [2.45, 2.75) is 65.7 Å². The summed E-state index contributed by atoms with van der Waals surface area (Å²) in [5, 5.41) is 3.71. The Labute approximate surface area is 252 Å². The van der Waals surface area contributed by atoms with E-state index in [0.29, 0.717) is 26.8 Å². The predicted octanol–water partition coefficient (Wildman–Crippen LogP) is 9.23. The van der Waals surface area contributed by atoms with E-state index in [1.54, 1.807) is 30.8 Å². The predicted molar refractivity (Wildman–Crippen MR) is 176 cm³/mol. The van der Waals surface area contributed by atoms with Gasteiger partial charge >= 0.3 is 0 Å². The molecule has 0 saturated carbocycles. The molecule has 2 aromatic rings. The molecule has 1 aliphatic carbocycles. The van der Waals surface area contributed by atoms with Gasteiger partial charge in [-0.1, -0.05) is 107 Å². The van der Waals surface area contributed by atoms with Crippen molar-refractivity contribution in [3.8, 4) is 0 Å². The third-order valence-corrected chi connectivity index (χ3v) is 8.56. The second-order valence-corrected chi connectivity index (χ2v) is 11.7. The summed E-state index contributed by atoms with van der Waals surface area (Å²) in [5.74, 6) is 1.68. The van der Waals surface area contributed by atoms with Crippen molar-refractivity contribution >= 4 is 53.2 Å². The number of carbonyl (C=O) groups is 1. The van der Waals surface area contributed by atoms with Gasteiger partial charge in [0.25, 0.3) is 0 Å². The number of benzene rings is 2. The van der Waals surface area contributed by atoms with Crippen molar-refractivity contribution in [3.05, 3.63) is 75.8 Å². The van der Waals surface area contributed by atoms with Gasteiger partial charge in [0.1, 0.15) is 6.29 Å². The molecule has 0 spiro atoms. The first kappa shape index (κ1) is 33.8. The zero-order chi connectivity index (χ0) is 29.7. The molecule has 1 saturated heterocycles. The van der Waals surface area contributed by atoms with Crippen molar-refractivity contribution in [1.82, 2.24) is 10.2 Å². The number of nitrogens with one attached hydrogen (secondary N) is 1. The third kappa shape index (κ3) is 9.06. The molecular weight excluding hydrogens is 537 g/mol. The average Bonchev–Trinajstić information content (AvgIpc) is 3.52. The normalized spacial score (nSPS) is 20.2. The number of hydrogen-bond acceptors (Lipinski definition) is 4. The maximum atomic E-state index is 10.3. The minimum absolute atomic E-state index is 0.189. The minimum Gasteiger partial charge on any atom is -0.378 e. The summed E-state index contributed by atoms with van der Waals surface area (Å²) >= 11 is 11.9. The lowest BCUT2D eigenvalue weighted by atomic mass is 9.69. The van der Waals surface area contributed by atoms with E-state index in [1.807, 2.05) is 0 Å². The van der Waals surface area contributed by atoms with Gasteiger partial charge in [-0.15, -0.1) is 0 Å². The van der Waals surface area contributed by atoms with Gasteiger partial charge in [-0.25, -0.2) is 0 Å². The number of allylic oxidation sites excluding steroid dienone is 1. The smallest absolute Gasteiger partial charge is 0.139 e. The zero-order valence-corrected chi connectivity index (χ0v) is 26.7. The minimum atomic E-state index is 0.189. The van der Waals surface area contributed by atoms with Crippen LogP contribution in [0, 0.1) is 11.8 Å². The first-order valence-corrected chi connectivity index (χ1v) is 15.2. The van der Waals surface area contributed by atoms with Gasteiger partial charge in [0, 0.05) is 29.4 Å². The molecule has 4 rings (SSSR count). The van der Waals surface area contributed by atoms with Crippen molar-refractivity contribution in [1.29, 1.82) is 0 Å². The highest BCUT2D eigenvalue weighted by atomic mass is 35.5. The molecule has 3 unspecified atom stereocenters. The standard InChI is InChI=1S/C16H22.C12H12Cl2N2O.C6H13N/c1-4-11-16(13(3)5-2)12-10-14-8-6-7-9-15(14)16;1-3-15-12-7-11(14)10(13)6-9(12)8(2)16-4-5-17;1-6-3-4-7(2)5-6/h6-10,12-13H,4-5,11H2,1-3H3;3,5-7,16H,2,4H2,1H3;6H,3-5H2,1-2H3. The molecule has 1 fully saturated rings. The number of halogens is 2. The Bertz CT molecular complexity index is 1170. The van der Waals surface area contributed by atoms with Crippen LogP contribution in [0.5, 0.6) is 0 Å². The van der Waals surface area contributed by atoms with Crippen LogP contribution >= 0.6 is 23.2 Å². The SMILES string of the molecule is C=C(NCC=O)c1cc(Cl)c(Cl)cc1N=CC.CC1CCN(C)C1.CCCC1(C(C)CC)C=Cc2ccccc21. The summed E-state index contributed by atoms with van der Waals surface area (Å²) in [6, 6.07) is 12.2. The lowest BCUT2D eigenvalue weighted by molar-refractivity contribution is -0.107. The number of rotatable bonds is 9. The molecule has 2 aliphatic rings. The zero-order valence-electron chi connectivity index (χ0n) is 25.1. The number of nitrogens with zero attached hydrogens (tertiary/aromatic N) is 2. The third-order valence-electron chi connectivity index (χ3n) is 7.84. The van der Waals surface area contributed by atoms with E-state index < -0.39 is 0 Å². The number of likely N-dealkylation sites (tertiary alicyclic amines) is 1. The van der Waals surface area contributed by atoms with Crippen LogP contribution in [0.2, 0.25) is 10.0 Å². The van der Waals surface area contributed by atoms with Crippen molar-refractivity contribution in [2.24, 2.45) is 16.8 Å². The van der Waals surface area contributed by atoms with Crippen LogP contribution in [0.15, 0.2) is 54.0 Å². The molecule has 218 valence electrons. The second-order valence-electron chi connectivity index (χ2n) is 10.9. The molecular formula is C34H47Cl2N3O. The molecule has 6 heteroatoms. The van der Waals surface area contributed by atoms with Crippen LogP contribution < -0.4 is 5.32 Å². The highest BCUT2D eigenvalue weighted by Gasteiger charge is 2.37. The van der Waals surface area contributed by atoms with Crippen LogP contribution in [0.3, 0.4) is 0 Å². The fourth-order valence-corrected chi connectivity index (χ4v) is 5.83. The van der Waals surface area contributed by atoms with E-state index in [2.05, 4.69) is 92.9 Å². The van der Waals surface area contributed by atoms with Crippen molar-refractivity contribution < 1.29 is 4.79 Å². The summed E-state index contributed by atoms with van der Waals surface area (Å²) in [6.45, 7) is 17.7. The molecule has 3 atom stereocenters. The van der Waals surface area contributed by atoms with Gasteiger partial charge in [0.15, 0.2) is 0 Å². The number of aldehydes is 1. The summed E-state index contributed by atoms with van der Waals surface area (Å²) in [4.78, 5) is 16.9. The van der Waals surface area contributed by atoms with E-state index in [0.717, 1.165) is 23.7 Å². The Morgan fingerprint density at radius 1 is 1.25 bits per heavy atom. The van der Waals surface area contributed by atoms with E-state index >= 15 is 0 Å². The van der Waals surface area contributed by atoms with Crippen LogP contribution in [0.1, 0.15) is 77.0 Å². The molecule has 4 nitrogen and oxygen atoms in total. The maximum absolute atomic E-state index is 10.3. The molecule has 0 bridgehead atoms. The fraction of sp³-hybridized carbons (Fsp3) is 0.471. The number of carbonyl (C=O) groups excluding carboxylic acids is 1. The topological polar surface area (TPSA) is 44.7 Å². The average molecular weight is 585 g/mol. The molecule has 1 heterocycles. The van der Waals surface area contributed by atoms with Crippen LogP contribution in [0.4, 0.5) is 5.69 Å². The van der Waals surface area contributed by atoms with E-state index in [9.17, 15) is 4.79 Å². The monoisotopic (exact) mass is 583 g/mol. The summed E-state index contributed by atoms with van der Waals surface area (Å²) in [5.41, 5.74) is 5.24. The maximum Gasteiger partial charge on any atom is 0.139 e. The number of fused-ring (bicyclic) bond motifs is 1. The molecule has 1 aliphatic heterocycles. The molecule has 0 radical (unpaired) electrons. The number of hydrogen-bond donors (Lipinski definition) is 1. The van der Waals surface area contributed by atoms with Crippen LogP contribution in [0.25, 0.3) is 11.8 Å². The van der Waals surface area contributed by atoms with Crippen molar-refractivity contribution in [2.75, 3.05) is 26.7 Å². The summed E-state index contributed by atoms with van der Waals surface area (Å²) in [6.07, 6.45) is 12.3. The van der Waals surface area contributed by atoms with Gasteiger partial charge < -0.3 is 15.0 Å². The second kappa shape index (κ2) is 16.8. The van der Waals surface area contributed by atoms with Gasteiger partial charge in [-0.3, -0.25) is 4.99 Å². The Morgan fingerprint density at radius 3 is 2.50 bits per heavy atom. The van der Waals surface area contributed by atoms with Gasteiger partial charge in [0.05, 0.1) is 22.3 Å². The van der Waals surface area contributed by atoms with Gasteiger partial charge in [0.2, 0.25) is 0 Å². The first-order chi connectivity index (χ1) is 19.1. The molecule has 40 heavy (non-hydrogen) atoms. The van der Waals surface area contributed by atoms with E-state index in [-0.39, 0.29) is 6.54 Å². The van der Waals surface area contributed by atoms with Gasteiger partial charge in [-0.2, -0.15) is 0 Å². The summed E-state index contributed by atoms with van der Waals surface area (Å²) in [7, 11) is 2.18. The Morgan fingerprint density at radius 2 is 1.95 bits per heavy atom. The summed E-state index contributed by atoms with van der Waals surface area (Å²) < 4.78 is 0. The molecule has 0 aromatic heterocycles. The van der Waals surface area contributed by atoms with E-state index in [4.69, 9.17) is 23.2 Å². The lowest BCUT2D eigenvalue weighted by Crippen LogP contribution is -2.29. The Kier molecular flexibility index (Phi) is 14.2. The fourth-order valence-electron chi connectivity index (χ4n) is 5.51. The molecule has 2 aromatic carbocycles. The number of aliphatic imine (C=N–C) groups is 1. The van der Waals surface area contributed by atoms with Crippen LogP contribution in [-0.2, 0) is 10.2 Å². The first-order valence-electron chi connectivity index (χ1n) is 14.4. The molecule has 0 amide bonds. The molecule has 1 N–H and O–H groups in total. The van der Waals surface area contributed by atoms with Gasteiger partial charge in [-0.05, 0) is 68.5 Å². The quantitative estimate of drug-likeness (QED) is 0.236. The Balaban J connectivity index is 0.000000227. The Hall–Kier alpha value is -2.40. The van der Waals surface area contributed by atoms with E-state index in [1.165, 1.54) is 44.3 Å². The van der Waals surface area contributed by atoms with Crippen molar-refractivity contribution in [3.63, 3.8) is 0 Å². The highest BCUT2D eigenvalue weighted by Crippen LogP contribution is 2.46. The lowest BCUT2D eigenvalue weighted by Gasteiger charge is -2.35.